The van der Waals surface area contributed by atoms with E-state index in [1.54, 1.807) is 13.2 Å². The summed E-state index contributed by atoms with van der Waals surface area (Å²) in [6.45, 7) is 5.70. The maximum atomic E-state index is 11.6. The van der Waals surface area contributed by atoms with E-state index in [1.807, 2.05) is 49.4 Å². The number of carbonyl (C=O) groups is 1. The zero-order valence-electron chi connectivity index (χ0n) is 15.5. The summed E-state index contributed by atoms with van der Waals surface area (Å²) < 4.78 is 11.5. The average Bonchev–Trinajstić information content (AvgIpc) is 3.36. The Balaban J connectivity index is 1.48. The topological polar surface area (TPSA) is 71.5 Å². The lowest BCUT2D eigenvalue weighted by Gasteiger charge is -2.17. The summed E-state index contributed by atoms with van der Waals surface area (Å²) in [6.07, 6.45) is 1.71. The number of likely N-dealkylation sites (tertiary alicyclic amines) is 1. The summed E-state index contributed by atoms with van der Waals surface area (Å²) in [5, 5.41) is 3.06. The third-order valence-corrected chi connectivity index (χ3v) is 4.87. The molecule has 0 saturated carbocycles. The van der Waals surface area contributed by atoms with Gasteiger partial charge < -0.3 is 14.2 Å². The second kappa shape index (κ2) is 7.40. The van der Waals surface area contributed by atoms with Crippen molar-refractivity contribution in [3.8, 4) is 11.5 Å². The molecule has 4 rings (SSSR count). The quantitative estimate of drug-likeness (QED) is 0.751. The number of benzene rings is 1. The second-order valence-electron chi connectivity index (χ2n) is 7.07. The van der Waals surface area contributed by atoms with E-state index >= 15 is 0 Å². The minimum absolute atomic E-state index is 0.0218. The van der Waals surface area contributed by atoms with Crippen molar-refractivity contribution in [2.24, 2.45) is 0 Å². The highest BCUT2D eigenvalue weighted by atomic mass is 16.3. The molecule has 2 atom stereocenters. The maximum Gasteiger partial charge on any atom is 0.226 e. The molecular weight excluding hydrogens is 342 g/mol. The number of furan rings is 1. The van der Waals surface area contributed by atoms with Crippen molar-refractivity contribution in [2.45, 2.75) is 32.4 Å². The van der Waals surface area contributed by atoms with Crippen molar-refractivity contribution in [2.75, 3.05) is 13.1 Å². The second-order valence-corrected chi connectivity index (χ2v) is 7.07. The molecule has 6 nitrogen and oxygen atoms in total. The molecule has 140 valence electrons. The zero-order valence-corrected chi connectivity index (χ0v) is 15.5. The standard InChI is InChI=1S/C21H23N3O3/c1-14-8-9-20(27-14)18-11-24(12-19(18)22-15(2)25)10-17-13-26-21(23-17)16-6-4-3-5-7-16/h3-9,13,18-19H,10-12H2,1-2H3,(H,22,25)/t18-,19-/m1/s1. The minimum atomic E-state index is -0.0251. The molecule has 0 aliphatic carbocycles. The van der Waals surface area contributed by atoms with Crippen molar-refractivity contribution in [1.82, 2.24) is 15.2 Å². The van der Waals surface area contributed by atoms with E-state index in [4.69, 9.17) is 8.83 Å². The summed E-state index contributed by atoms with van der Waals surface area (Å²) in [6, 6.07) is 13.8. The van der Waals surface area contributed by atoms with Crippen molar-refractivity contribution in [3.63, 3.8) is 0 Å². The van der Waals surface area contributed by atoms with Crippen LogP contribution in [0.3, 0.4) is 0 Å². The molecule has 3 aromatic rings. The lowest BCUT2D eigenvalue weighted by atomic mass is 10.0. The lowest BCUT2D eigenvalue weighted by Crippen LogP contribution is -2.38. The molecule has 1 fully saturated rings. The fourth-order valence-corrected chi connectivity index (χ4v) is 3.68. The molecular formula is C21H23N3O3. The third kappa shape index (κ3) is 3.95. The van der Waals surface area contributed by atoms with Gasteiger partial charge in [-0.25, -0.2) is 4.98 Å². The number of hydrogen-bond acceptors (Lipinski definition) is 5. The SMILES string of the molecule is CC(=O)N[C@@H]1CN(Cc2coc(-c3ccccc3)n2)C[C@H]1c1ccc(C)o1. The van der Waals surface area contributed by atoms with Crippen molar-refractivity contribution in [1.29, 1.82) is 0 Å². The van der Waals surface area contributed by atoms with Crippen LogP contribution in [0.25, 0.3) is 11.5 Å². The Morgan fingerprint density at radius 3 is 2.74 bits per heavy atom. The molecule has 0 radical (unpaired) electrons. The average molecular weight is 365 g/mol. The van der Waals surface area contributed by atoms with E-state index in [0.717, 1.165) is 35.9 Å². The van der Waals surface area contributed by atoms with Gasteiger partial charge in [0.25, 0.3) is 0 Å². The molecule has 1 aromatic carbocycles. The van der Waals surface area contributed by atoms with Crippen molar-refractivity contribution >= 4 is 5.91 Å². The van der Waals surface area contributed by atoms with E-state index < -0.39 is 0 Å². The monoisotopic (exact) mass is 365 g/mol. The fraction of sp³-hybridized carbons (Fsp3) is 0.333. The number of nitrogens with one attached hydrogen (secondary N) is 1. The Morgan fingerprint density at radius 2 is 2.04 bits per heavy atom. The molecule has 6 heteroatoms. The third-order valence-electron chi connectivity index (χ3n) is 4.87. The van der Waals surface area contributed by atoms with Crippen molar-refractivity contribution < 1.29 is 13.6 Å². The van der Waals surface area contributed by atoms with Gasteiger partial charge in [-0.05, 0) is 31.2 Å². The maximum absolute atomic E-state index is 11.6. The summed E-state index contributed by atoms with van der Waals surface area (Å²) in [5.41, 5.74) is 1.84. The molecule has 27 heavy (non-hydrogen) atoms. The first-order valence-corrected chi connectivity index (χ1v) is 9.14. The van der Waals surface area contributed by atoms with Crippen LogP contribution in [0.2, 0.25) is 0 Å². The van der Waals surface area contributed by atoms with E-state index in [2.05, 4.69) is 15.2 Å². The molecule has 2 aromatic heterocycles. The van der Waals surface area contributed by atoms with Gasteiger partial charge in [-0.3, -0.25) is 9.69 Å². The number of oxazole rings is 1. The van der Waals surface area contributed by atoms with Crippen LogP contribution < -0.4 is 5.32 Å². The van der Waals surface area contributed by atoms with Crippen LogP contribution >= 0.6 is 0 Å². The van der Waals surface area contributed by atoms with Crippen LogP contribution in [-0.4, -0.2) is 34.9 Å². The molecule has 1 amide bonds. The van der Waals surface area contributed by atoms with Gasteiger partial charge in [0.05, 0.1) is 17.7 Å². The van der Waals surface area contributed by atoms with Gasteiger partial charge in [0.1, 0.15) is 17.8 Å². The van der Waals surface area contributed by atoms with Gasteiger partial charge in [0.2, 0.25) is 11.8 Å². The Bertz CT molecular complexity index is 916. The highest BCUT2D eigenvalue weighted by molar-refractivity contribution is 5.73. The Labute approximate surface area is 158 Å². The molecule has 0 unspecified atom stereocenters. The Morgan fingerprint density at radius 1 is 1.22 bits per heavy atom. The highest BCUT2D eigenvalue weighted by Crippen LogP contribution is 2.30. The van der Waals surface area contributed by atoms with E-state index in [0.29, 0.717) is 12.4 Å². The van der Waals surface area contributed by atoms with Gasteiger partial charge in [-0.1, -0.05) is 18.2 Å². The molecule has 1 aliphatic heterocycles. The number of amides is 1. The predicted molar refractivity (Wildman–Crippen MR) is 101 cm³/mol. The first-order valence-electron chi connectivity index (χ1n) is 9.14. The summed E-state index contributed by atoms with van der Waals surface area (Å²) >= 11 is 0. The van der Waals surface area contributed by atoms with Crippen LogP contribution in [0.15, 0.2) is 57.6 Å². The molecule has 0 spiro atoms. The highest BCUT2D eigenvalue weighted by Gasteiger charge is 2.36. The van der Waals surface area contributed by atoms with Gasteiger partial charge in [-0.2, -0.15) is 0 Å². The van der Waals surface area contributed by atoms with Crippen LogP contribution in [0.4, 0.5) is 0 Å². The molecule has 0 bridgehead atoms. The number of hydrogen-bond donors (Lipinski definition) is 1. The number of nitrogens with zero attached hydrogens (tertiary/aromatic N) is 2. The van der Waals surface area contributed by atoms with Crippen LogP contribution in [-0.2, 0) is 11.3 Å². The van der Waals surface area contributed by atoms with E-state index in [9.17, 15) is 4.79 Å². The minimum Gasteiger partial charge on any atom is -0.466 e. The Kier molecular flexibility index (Phi) is 4.81. The first kappa shape index (κ1) is 17.5. The number of aryl methyl sites for hydroxylation is 1. The fourth-order valence-electron chi connectivity index (χ4n) is 3.68. The van der Waals surface area contributed by atoms with Crippen LogP contribution in [0.5, 0.6) is 0 Å². The van der Waals surface area contributed by atoms with Crippen LogP contribution in [0, 0.1) is 6.92 Å². The molecule has 1 N–H and O–H groups in total. The summed E-state index contributed by atoms with van der Waals surface area (Å²) in [7, 11) is 0. The number of carbonyl (C=O) groups excluding carboxylic acids is 1. The number of rotatable bonds is 5. The predicted octanol–water partition coefficient (Wildman–Crippen LogP) is 3.35. The molecule has 1 aliphatic rings. The smallest absolute Gasteiger partial charge is 0.226 e. The van der Waals surface area contributed by atoms with Gasteiger partial charge in [0.15, 0.2) is 0 Å². The van der Waals surface area contributed by atoms with Crippen molar-refractivity contribution in [3.05, 3.63) is 65.9 Å². The lowest BCUT2D eigenvalue weighted by molar-refractivity contribution is -0.119. The Hall–Kier alpha value is -2.86. The normalized spacial score (nSPS) is 20.1. The van der Waals surface area contributed by atoms with Gasteiger partial charge in [-0.15, -0.1) is 0 Å². The number of aromatic nitrogens is 1. The van der Waals surface area contributed by atoms with Gasteiger partial charge in [0, 0.05) is 32.1 Å². The van der Waals surface area contributed by atoms with Gasteiger partial charge >= 0.3 is 0 Å². The largest absolute Gasteiger partial charge is 0.466 e. The summed E-state index contributed by atoms with van der Waals surface area (Å²) in [5.74, 6) is 2.53. The molecule has 3 heterocycles. The van der Waals surface area contributed by atoms with Crippen LogP contribution in [0.1, 0.15) is 30.1 Å². The summed E-state index contributed by atoms with van der Waals surface area (Å²) in [4.78, 5) is 18.5. The zero-order chi connectivity index (χ0) is 18.8. The van der Waals surface area contributed by atoms with E-state index in [1.165, 1.54) is 0 Å². The van der Waals surface area contributed by atoms with E-state index in [-0.39, 0.29) is 17.9 Å². The molecule has 1 saturated heterocycles. The first-order chi connectivity index (χ1) is 13.1.